The van der Waals surface area contributed by atoms with Crippen molar-refractivity contribution in [2.75, 3.05) is 13.8 Å². The van der Waals surface area contributed by atoms with Crippen molar-refractivity contribution >= 4 is 7.75 Å². The maximum atomic E-state index is 11.2. The number of halogens is 1. The third-order valence-electron chi connectivity index (χ3n) is 0.591. The van der Waals surface area contributed by atoms with Crippen molar-refractivity contribution in [2.24, 2.45) is 0 Å². The van der Waals surface area contributed by atoms with Gasteiger partial charge < -0.3 is 14.4 Å². The Hall–Kier alpha value is 1.23. The Kier molecular flexibility index (Phi) is 12.0. The molecule has 8 heteroatoms. The second-order valence-corrected chi connectivity index (χ2v) is 2.87. The summed E-state index contributed by atoms with van der Waals surface area (Å²) in [5, 5.41) is 0. The average molecular weight is 155 g/mol. The van der Waals surface area contributed by atoms with E-state index >= 15 is 0 Å². The molecule has 0 bridgehead atoms. The number of hydrogen-bond acceptors (Lipinski definition) is 3. The minimum Gasteiger partial charge on any atom is -0.799 e. The molecule has 0 rings (SSSR count). The van der Waals surface area contributed by atoms with Crippen molar-refractivity contribution < 1.29 is 56.5 Å². The third-order valence-corrected chi connectivity index (χ3v) is 1.53. The summed E-state index contributed by atoms with van der Waals surface area (Å²) in [5.74, 6) is 0. The standard InChI is InChI=1S/C2H7FNO3P.2Li/c1-4(2-3)8(5,6)7;;/h2H2,1H3,(H2,5,6,7);;/q;2*+1/p-2. The first-order valence-electron chi connectivity index (χ1n) is 1.78. The maximum Gasteiger partial charge on any atom is 1.00 e. The Labute approximate surface area is 82.7 Å². The SMILES string of the molecule is CN(CF)P(=O)([O-])[O-].[Li+].[Li+]. The van der Waals surface area contributed by atoms with Crippen LogP contribution in [0.5, 0.6) is 0 Å². The zero-order valence-corrected chi connectivity index (χ0v) is 7.10. The Bertz CT molecular complexity index is 119. The molecule has 0 spiro atoms. The Morgan fingerprint density at radius 1 is 1.50 bits per heavy atom. The molecule has 0 aromatic heterocycles. The van der Waals surface area contributed by atoms with Gasteiger partial charge in [0.2, 0.25) is 0 Å². The van der Waals surface area contributed by atoms with Crippen molar-refractivity contribution in [2.45, 2.75) is 0 Å². The van der Waals surface area contributed by atoms with Crippen LogP contribution in [0.15, 0.2) is 0 Å². The summed E-state index contributed by atoms with van der Waals surface area (Å²) in [6.07, 6.45) is 0. The van der Waals surface area contributed by atoms with Crippen LogP contribution in [-0.2, 0) is 4.57 Å². The predicted molar refractivity (Wildman–Crippen MR) is 21.3 cm³/mol. The summed E-state index contributed by atoms with van der Waals surface area (Å²) < 4.78 is 21.0. The van der Waals surface area contributed by atoms with Gasteiger partial charge in [-0.25, -0.2) is 4.39 Å². The first kappa shape index (κ1) is 17.4. The Morgan fingerprint density at radius 3 is 1.80 bits per heavy atom. The van der Waals surface area contributed by atoms with E-state index in [9.17, 15) is 18.7 Å². The summed E-state index contributed by atoms with van der Waals surface area (Å²) in [7, 11) is -3.92. The molecule has 0 radical (unpaired) electrons. The fraction of sp³-hybridized carbons (Fsp3) is 1.00. The fourth-order valence-corrected chi connectivity index (χ4v) is 0.196. The number of alkyl halides is 1. The van der Waals surface area contributed by atoms with Gasteiger partial charge in [-0.2, -0.15) is 0 Å². The summed E-state index contributed by atoms with van der Waals surface area (Å²) in [5.41, 5.74) is 0. The number of hydrogen-bond donors (Lipinski definition) is 0. The molecule has 0 fully saturated rings. The van der Waals surface area contributed by atoms with Gasteiger partial charge in [0.15, 0.2) is 0 Å². The topological polar surface area (TPSA) is 66.4 Å². The van der Waals surface area contributed by atoms with E-state index in [-0.39, 0.29) is 42.4 Å². The minimum atomic E-state index is -4.80. The summed E-state index contributed by atoms with van der Waals surface area (Å²) in [4.78, 5) is 19.4. The Morgan fingerprint density at radius 2 is 1.80 bits per heavy atom. The zero-order chi connectivity index (χ0) is 6.78. The molecule has 0 aliphatic carbocycles. The molecule has 0 aromatic carbocycles. The summed E-state index contributed by atoms with van der Waals surface area (Å²) >= 11 is 0. The Balaban J connectivity index is -0.000000245. The number of nitrogens with zero attached hydrogens (tertiary/aromatic N) is 1. The first-order valence-corrected chi connectivity index (χ1v) is 3.27. The van der Waals surface area contributed by atoms with E-state index in [0.717, 1.165) is 7.05 Å². The summed E-state index contributed by atoms with van der Waals surface area (Å²) in [6.45, 7) is -1.26. The van der Waals surface area contributed by atoms with Crippen molar-refractivity contribution in [3.05, 3.63) is 0 Å². The second kappa shape index (κ2) is 6.92. The summed E-state index contributed by atoms with van der Waals surface area (Å²) in [6, 6.07) is 0. The van der Waals surface area contributed by atoms with Gasteiger partial charge in [0.05, 0.1) is 0 Å². The van der Waals surface area contributed by atoms with Crippen LogP contribution in [0, 0.1) is 0 Å². The molecular formula is C2H5FLi2NO3P. The average Bonchev–Trinajstić information content (AvgIpc) is 1.62. The van der Waals surface area contributed by atoms with E-state index < -0.39 is 14.5 Å². The molecule has 0 saturated heterocycles. The van der Waals surface area contributed by atoms with Gasteiger partial charge >= 0.3 is 37.7 Å². The van der Waals surface area contributed by atoms with E-state index in [0.29, 0.717) is 0 Å². The van der Waals surface area contributed by atoms with Crippen LogP contribution in [0.3, 0.4) is 0 Å². The molecule has 0 atom stereocenters. The van der Waals surface area contributed by atoms with E-state index in [1.165, 1.54) is 0 Å². The first-order chi connectivity index (χ1) is 3.48. The van der Waals surface area contributed by atoms with Gasteiger partial charge in [0.25, 0.3) is 0 Å². The van der Waals surface area contributed by atoms with Gasteiger partial charge in [0.1, 0.15) is 6.80 Å². The smallest absolute Gasteiger partial charge is 0.799 e. The minimum absolute atomic E-state index is 0. The molecule has 50 valence electrons. The van der Waals surface area contributed by atoms with Crippen molar-refractivity contribution in [3.63, 3.8) is 0 Å². The predicted octanol–water partition coefficient (Wildman–Crippen LogP) is -7.32. The van der Waals surface area contributed by atoms with Crippen molar-refractivity contribution in [1.82, 2.24) is 4.67 Å². The van der Waals surface area contributed by atoms with Crippen LogP contribution >= 0.6 is 7.75 Å². The van der Waals surface area contributed by atoms with E-state index in [2.05, 4.69) is 0 Å². The monoisotopic (exact) mass is 155 g/mol. The van der Waals surface area contributed by atoms with Crippen LogP contribution in [-0.4, -0.2) is 18.5 Å². The third kappa shape index (κ3) is 7.34. The van der Waals surface area contributed by atoms with Gasteiger partial charge in [-0.15, -0.1) is 0 Å². The van der Waals surface area contributed by atoms with Gasteiger partial charge in [-0.1, -0.05) is 0 Å². The normalized spacial score (nSPS) is 10.1. The molecule has 0 aromatic rings. The van der Waals surface area contributed by atoms with Gasteiger partial charge in [-0.3, -0.25) is 4.67 Å². The van der Waals surface area contributed by atoms with Crippen LogP contribution in [0.2, 0.25) is 0 Å². The maximum absolute atomic E-state index is 11.2. The van der Waals surface area contributed by atoms with E-state index in [1.807, 2.05) is 0 Å². The molecule has 10 heavy (non-hydrogen) atoms. The van der Waals surface area contributed by atoms with Crippen LogP contribution in [0.25, 0.3) is 0 Å². The zero-order valence-electron chi connectivity index (χ0n) is 6.20. The quantitative estimate of drug-likeness (QED) is 0.225. The molecule has 0 amide bonds. The molecule has 4 nitrogen and oxygen atoms in total. The molecular weight excluding hydrogens is 150 g/mol. The van der Waals surface area contributed by atoms with E-state index in [1.54, 1.807) is 0 Å². The second-order valence-electron chi connectivity index (χ2n) is 1.25. The van der Waals surface area contributed by atoms with Crippen LogP contribution in [0.4, 0.5) is 4.39 Å². The van der Waals surface area contributed by atoms with Gasteiger partial charge in [-0.05, 0) is 7.05 Å². The van der Waals surface area contributed by atoms with Crippen molar-refractivity contribution in [3.8, 4) is 0 Å². The van der Waals surface area contributed by atoms with Crippen molar-refractivity contribution in [1.29, 1.82) is 0 Å². The molecule has 0 heterocycles. The fourth-order valence-electron chi connectivity index (χ4n) is 0.0655. The molecule has 0 aliphatic rings. The largest absolute Gasteiger partial charge is 1.00 e. The van der Waals surface area contributed by atoms with Crippen LogP contribution in [0.1, 0.15) is 0 Å². The molecule has 0 saturated carbocycles. The van der Waals surface area contributed by atoms with Gasteiger partial charge in [0, 0.05) is 7.75 Å². The van der Waals surface area contributed by atoms with E-state index in [4.69, 9.17) is 0 Å². The van der Waals surface area contributed by atoms with Crippen LogP contribution < -0.4 is 47.5 Å². The molecule has 0 N–H and O–H groups in total. The number of rotatable bonds is 2. The molecule has 0 aliphatic heterocycles. The molecule has 0 unspecified atom stereocenters.